The number of carbonyl (C=O) groups is 1. The zero-order chi connectivity index (χ0) is 17.2. The lowest BCUT2D eigenvalue weighted by atomic mass is 9.99. The average Bonchev–Trinajstić information content (AvgIpc) is 2.62. The third kappa shape index (κ3) is 3.49. The molecule has 6 heteroatoms. The summed E-state index contributed by atoms with van der Waals surface area (Å²) in [6.07, 6.45) is 4.95. The molecule has 0 bridgehead atoms. The number of hydrogen-bond donors (Lipinski definition) is 0. The predicted molar refractivity (Wildman–Crippen MR) is 93.4 cm³/mol. The Balaban J connectivity index is 1.91. The van der Waals surface area contributed by atoms with Crippen LogP contribution in [0.4, 0.5) is 0 Å². The first-order valence-electron chi connectivity index (χ1n) is 8.88. The van der Waals surface area contributed by atoms with E-state index in [1.807, 2.05) is 0 Å². The van der Waals surface area contributed by atoms with Crippen LogP contribution < -0.4 is 0 Å². The molecule has 2 aliphatic rings. The predicted octanol–water partition coefficient (Wildman–Crippen LogP) is 2.73. The first-order valence-corrected chi connectivity index (χ1v) is 10.3. The monoisotopic (exact) mass is 350 g/mol. The molecule has 0 saturated carbocycles. The van der Waals surface area contributed by atoms with E-state index in [4.69, 9.17) is 0 Å². The number of nitrogens with zero attached hydrogens (tertiary/aromatic N) is 2. The number of amides is 1. The maximum atomic E-state index is 13.0. The fourth-order valence-electron chi connectivity index (χ4n) is 3.66. The molecule has 132 valence electrons. The number of carbonyl (C=O) groups excluding carboxylic acids is 1. The number of likely N-dealkylation sites (tertiary alicyclic amines) is 1. The number of sulfonamides is 1. The maximum Gasteiger partial charge on any atom is 0.255 e. The van der Waals surface area contributed by atoms with Crippen LogP contribution in [0.3, 0.4) is 0 Å². The van der Waals surface area contributed by atoms with Gasteiger partial charge in [-0.2, -0.15) is 4.31 Å². The lowest BCUT2D eigenvalue weighted by molar-refractivity contribution is 0.0679. The second-order valence-electron chi connectivity index (χ2n) is 6.96. The summed E-state index contributed by atoms with van der Waals surface area (Å²) >= 11 is 0. The van der Waals surface area contributed by atoms with Crippen LogP contribution in [-0.2, 0) is 10.0 Å². The second kappa shape index (κ2) is 7.23. The van der Waals surface area contributed by atoms with E-state index in [-0.39, 0.29) is 10.8 Å². The van der Waals surface area contributed by atoms with Crippen LogP contribution in [0.15, 0.2) is 29.2 Å². The molecule has 1 unspecified atom stereocenters. The van der Waals surface area contributed by atoms with Crippen LogP contribution in [-0.4, -0.2) is 49.7 Å². The highest BCUT2D eigenvalue weighted by Crippen LogP contribution is 2.26. The highest BCUT2D eigenvalue weighted by Gasteiger charge is 2.32. The third-order valence-electron chi connectivity index (χ3n) is 4.99. The Kier molecular flexibility index (Phi) is 5.25. The summed E-state index contributed by atoms with van der Waals surface area (Å²) in [5.41, 5.74) is 0.317. The molecule has 1 atom stereocenters. The Morgan fingerprint density at radius 3 is 2.46 bits per heavy atom. The van der Waals surface area contributed by atoms with Crippen LogP contribution in [0.2, 0.25) is 0 Å². The van der Waals surface area contributed by atoms with Gasteiger partial charge in [0.1, 0.15) is 0 Å². The molecule has 5 nitrogen and oxygen atoms in total. The molecular formula is C18H26N2O3S. The SMILES string of the molecule is CC1CCCN(C(=O)c2ccccc2S(=O)(=O)N2CCCCC2)C1. The van der Waals surface area contributed by atoms with Gasteiger partial charge in [-0.15, -0.1) is 0 Å². The molecule has 24 heavy (non-hydrogen) atoms. The molecule has 0 aliphatic carbocycles. The van der Waals surface area contributed by atoms with Crippen molar-refractivity contribution >= 4 is 15.9 Å². The van der Waals surface area contributed by atoms with Gasteiger partial charge in [-0.3, -0.25) is 4.79 Å². The topological polar surface area (TPSA) is 57.7 Å². The molecule has 0 aromatic heterocycles. The van der Waals surface area contributed by atoms with Gasteiger partial charge in [-0.1, -0.05) is 25.5 Å². The Morgan fingerprint density at radius 2 is 1.75 bits per heavy atom. The van der Waals surface area contributed by atoms with E-state index in [0.717, 1.165) is 32.1 Å². The lowest BCUT2D eigenvalue weighted by Gasteiger charge is -2.32. The van der Waals surface area contributed by atoms with Gasteiger partial charge >= 0.3 is 0 Å². The molecule has 0 radical (unpaired) electrons. The number of rotatable bonds is 3. The zero-order valence-electron chi connectivity index (χ0n) is 14.3. The van der Waals surface area contributed by atoms with E-state index in [9.17, 15) is 13.2 Å². The summed E-state index contributed by atoms with van der Waals surface area (Å²) in [5.74, 6) is 0.311. The molecule has 1 amide bonds. The van der Waals surface area contributed by atoms with Crippen LogP contribution in [0, 0.1) is 5.92 Å². The van der Waals surface area contributed by atoms with E-state index < -0.39 is 10.0 Å². The quantitative estimate of drug-likeness (QED) is 0.842. The minimum absolute atomic E-state index is 0.155. The lowest BCUT2D eigenvalue weighted by Crippen LogP contribution is -2.41. The Morgan fingerprint density at radius 1 is 1.04 bits per heavy atom. The van der Waals surface area contributed by atoms with Crippen LogP contribution in [0.5, 0.6) is 0 Å². The summed E-state index contributed by atoms with van der Waals surface area (Å²) in [6.45, 7) is 4.64. The van der Waals surface area contributed by atoms with Gasteiger partial charge in [0.15, 0.2) is 0 Å². The van der Waals surface area contributed by atoms with Crippen molar-refractivity contribution in [1.82, 2.24) is 9.21 Å². The summed E-state index contributed by atoms with van der Waals surface area (Å²) in [4.78, 5) is 14.9. The zero-order valence-corrected chi connectivity index (χ0v) is 15.1. The van der Waals surface area contributed by atoms with Gasteiger partial charge < -0.3 is 4.90 Å². The molecule has 1 aromatic rings. The Hall–Kier alpha value is -1.40. The van der Waals surface area contributed by atoms with Crippen LogP contribution >= 0.6 is 0 Å². The summed E-state index contributed by atoms with van der Waals surface area (Å²) < 4.78 is 27.6. The molecule has 2 saturated heterocycles. The van der Waals surface area contributed by atoms with E-state index in [1.165, 1.54) is 4.31 Å². The van der Waals surface area contributed by atoms with Gasteiger partial charge in [0.2, 0.25) is 10.0 Å². The fraction of sp³-hybridized carbons (Fsp3) is 0.611. The first kappa shape index (κ1) is 17.4. The van der Waals surface area contributed by atoms with Gasteiger partial charge in [0, 0.05) is 26.2 Å². The Bertz CT molecular complexity index is 696. The molecular weight excluding hydrogens is 324 g/mol. The highest BCUT2D eigenvalue weighted by molar-refractivity contribution is 7.89. The van der Waals surface area contributed by atoms with Gasteiger partial charge in [0.05, 0.1) is 10.5 Å². The maximum absolute atomic E-state index is 13.0. The van der Waals surface area contributed by atoms with Crippen molar-refractivity contribution in [3.05, 3.63) is 29.8 Å². The Labute approximate surface area is 144 Å². The van der Waals surface area contributed by atoms with E-state index in [1.54, 1.807) is 29.2 Å². The largest absolute Gasteiger partial charge is 0.338 e. The van der Waals surface area contributed by atoms with Crippen molar-refractivity contribution in [2.24, 2.45) is 5.92 Å². The summed E-state index contributed by atoms with van der Waals surface area (Å²) in [7, 11) is -3.60. The third-order valence-corrected chi connectivity index (χ3v) is 6.95. The average molecular weight is 350 g/mol. The molecule has 2 fully saturated rings. The van der Waals surface area contributed by atoms with Crippen LogP contribution in [0.1, 0.15) is 49.4 Å². The normalized spacial score (nSPS) is 23.2. The van der Waals surface area contributed by atoms with Crippen molar-refractivity contribution in [3.63, 3.8) is 0 Å². The van der Waals surface area contributed by atoms with E-state index in [0.29, 0.717) is 37.7 Å². The summed E-state index contributed by atoms with van der Waals surface area (Å²) in [5, 5.41) is 0. The minimum Gasteiger partial charge on any atom is -0.338 e. The molecule has 2 aliphatic heterocycles. The number of piperidine rings is 2. The first-order chi connectivity index (χ1) is 11.5. The van der Waals surface area contributed by atoms with Crippen molar-refractivity contribution in [2.75, 3.05) is 26.2 Å². The van der Waals surface area contributed by atoms with Crippen molar-refractivity contribution in [1.29, 1.82) is 0 Å². The molecule has 1 aromatic carbocycles. The van der Waals surface area contributed by atoms with Crippen molar-refractivity contribution in [3.8, 4) is 0 Å². The standard InChI is InChI=1S/C18H26N2O3S/c1-15-8-7-11-19(14-15)18(21)16-9-3-4-10-17(16)24(22,23)20-12-5-2-6-13-20/h3-4,9-10,15H,2,5-8,11-14H2,1H3. The van der Waals surface area contributed by atoms with Gasteiger partial charge in [0.25, 0.3) is 5.91 Å². The van der Waals surface area contributed by atoms with Gasteiger partial charge in [-0.05, 0) is 43.7 Å². The van der Waals surface area contributed by atoms with Gasteiger partial charge in [-0.25, -0.2) is 8.42 Å². The second-order valence-corrected chi connectivity index (χ2v) is 8.87. The van der Waals surface area contributed by atoms with E-state index >= 15 is 0 Å². The van der Waals surface area contributed by atoms with Crippen LogP contribution in [0.25, 0.3) is 0 Å². The molecule has 2 heterocycles. The van der Waals surface area contributed by atoms with E-state index in [2.05, 4.69) is 6.92 Å². The van der Waals surface area contributed by atoms with Crippen molar-refractivity contribution in [2.45, 2.75) is 43.9 Å². The minimum atomic E-state index is -3.60. The number of benzene rings is 1. The highest BCUT2D eigenvalue weighted by atomic mass is 32.2. The van der Waals surface area contributed by atoms with Crippen molar-refractivity contribution < 1.29 is 13.2 Å². The fourth-order valence-corrected chi connectivity index (χ4v) is 5.36. The molecule has 3 rings (SSSR count). The molecule has 0 spiro atoms. The summed E-state index contributed by atoms with van der Waals surface area (Å²) in [6, 6.07) is 6.67. The smallest absolute Gasteiger partial charge is 0.255 e. The molecule has 0 N–H and O–H groups in total. The number of hydrogen-bond acceptors (Lipinski definition) is 3.